The van der Waals surface area contributed by atoms with E-state index in [1.54, 1.807) is 45.2 Å². The molecule has 1 aromatic heterocycles. The van der Waals surface area contributed by atoms with Gasteiger partial charge in [-0.25, -0.2) is 0 Å². The number of furan rings is 1. The van der Waals surface area contributed by atoms with Gasteiger partial charge in [0.15, 0.2) is 23.0 Å². The second-order valence-corrected chi connectivity index (χ2v) is 7.26. The van der Waals surface area contributed by atoms with Crippen molar-refractivity contribution in [3.05, 3.63) is 72.2 Å². The average molecular weight is 398 g/mol. The Morgan fingerprint density at radius 3 is 2.18 bits per heavy atom. The first-order valence-electron chi connectivity index (χ1n) is 8.74. The van der Waals surface area contributed by atoms with Crippen LogP contribution in [0.15, 0.2) is 70.2 Å². The zero-order chi connectivity index (χ0) is 19.9. The summed E-state index contributed by atoms with van der Waals surface area (Å²) in [7, 11) is 4.72. The second kappa shape index (κ2) is 9.37. The minimum absolute atomic E-state index is 0.0628. The smallest absolute Gasteiger partial charge is 0.203 e. The summed E-state index contributed by atoms with van der Waals surface area (Å²) in [5.74, 6) is 1.93. The zero-order valence-corrected chi connectivity index (χ0v) is 16.8. The fraction of sp³-hybridized carbons (Fsp3) is 0.227. The topological polar surface area (TPSA) is 57.9 Å². The van der Waals surface area contributed by atoms with Gasteiger partial charge in [-0.3, -0.25) is 4.79 Å². The van der Waals surface area contributed by atoms with Gasteiger partial charge in [0.25, 0.3) is 0 Å². The van der Waals surface area contributed by atoms with Crippen LogP contribution < -0.4 is 14.2 Å². The molecule has 6 heteroatoms. The molecule has 0 aliphatic carbocycles. The maximum Gasteiger partial charge on any atom is 0.203 e. The molecule has 0 radical (unpaired) electrons. The molecule has 3 rings (SSSR count). The maximum atomic E-state index is 12.7. The summed E-state index contributed by atoms with van der Waals surface area (Å²) in [4.78, 5) is 13.8. The molecule has 0 spiro atoms. The lowest BCUT2D eigenvalue weighted by Gasteiger charge is -2.20. The Kier molecular flexibility index (Phi) is 6.66. The highest BCUT2D eigenvalue weighted by atomic mass is 32.2. The van der Waals surface area contributed by atoms with Gasteiger partial charge in [0.05, 0.1) is 27.6 Å². The molecule has 146 valence electrons. The minimum atomic E-state index is -0.159. The lowest BCUT2D eigenvalue weighted by atomic mass is 10.0. The lowest BCUT2D eigenvalue weighted by Crippen LogP contribution is -2.06. The van der Waals surface area contributed by atoms with Gasteiger partial charge in [-0.15, -0.1) is 11.8 Å². The van der Waals surface area contributed by atoms with Crippen molar-refractivity contribution in [1.82, 2.24) is 0 Å². The third-order valence-corrected chi connectivity index (χ3v) is 5.51. The van der Waals surface area contributed by atoms with Crippen LogP contribution >= 0.6 is 11.8 Å². The van der Waals surface area contributed by atoms with Crippen LogP contribution in [0.3, 0.4) is 0 Å². The van der Waals surface area contributed by atoms with Gasteiger partial charge in [-0.1, -0.05) is 18.2 Å². The van der Waals surface area contributed by atoms with Crippen LogP contribution in [-0.2, 0) is 0 Å². The predicted molar refractivity (Wildman–Crippen MR) is 109 cm³/mol. The highest BCUT2D eigenvalue weighted by Crippen LogP contribution is 2.45. The molecule has 0 bridgehead atoms. The molecule has 1 atom stereocenters. The maximum absolute atomic E-state index is 12.7. The molecule has 0 saturated carbocycles. The van der Waals surface area contributed by atoms with E-state index in [1.807, 2.05) is 42.5 Å². The van der Waals surface area contributed by atoms with Crippen LogP contribution in [0.4, 0.5) is 0 Å². The number of thioether (sulfide) groups is 1. The molecular formula is C22H22O5S. The molecule has 0 aliphatic heterocycles. The average Bonchev–Trinajstić information content (AvgIpc) is 3.28. The molecule has 0 saturated heterocycles. The summed E-state index contributed by atoms with van der Waals surface area (Å²) in [5, 5.41) is -0.159. The summed E-state index contributed by atoms with van der Waals surface area (Å²) >= 11 is 1.60. The number of hydrogen-bond acceptors (Lipinski definition) is 6. The van der Waals surface area contributed by atoms with Crippen LogP contribution in [0, 0.1) is 0 Å². The Bertz CT molecular complexity index is 881. The number of ketones is 1. The van der Waals surface area contributed by atoms with Gasteiger partial charge in [0, 0.05) is 16.6 Å². The molecule has 5 nitrogen and oxygen atoms in total. The quantitative estimate of drug-likeness (QED) is 0.355. The Morgan fingerprint density at radius 1 is 0.964 bits per heavy atom. The number of ether oxygens (including phenoxy) is 3. The van der Waals surface area contributed by atoms with Crippen molar-refractivity contribution < 1.29 is 23.4 Å². The van der Waals surface area contributed by atoms with E-state index in [2.05, 4.69) is 0 Å². The van der Waals surface area contributed by atoms with Gasteiger partial charge in [0.1, 0.15) is 0 Å². The van der Waals surface area contributed by atoms with Crippen LogP contribution in [0.5, 0.6) is 17.2 Å². The molecule has 0 N–H and O–H groups in total. The van der Waals surface area contributed by atoms with Crippen molar-refractivity contribution in [2.24, 2.45) is 0 Å². The van der Waals surface area contributed by atoms with Crippen molar-refractivity contribution in [3.63, 3.8) is 0 Å². The van der Waals surface area contributed by atoms with E-state index >= 15 is 0 Å². The van der Waals surface area contributed by atoms with E-state index in [0.29, 0.717) is 23.0 Å². The normalized spacial score (nSPS) is 11.7. The van der Waals surface area contributed by atoms with Crippen molar-refractivity contribution in [1.29, 1.82) is 0 Å². The monoisotopic (exact) mass is 398 g/mol. The summed E-state index contributed by atoms with van der Waals surface area (Å²) < 4.78 is 21.7. The fourth-order valence-electron chi connectivity index (χ4n) is 2.88. The number of carbonyl (C=O) groups is 1. The Labute approximate surface area is 168 Å². The highest BCUT2D eigenvalue weighted by molar-refractivity contribution is 7.99. The summed E-state index contributed by atoms with van der Waals surface area (Å²) in [6.45, 7) is 0. The Hall–Kier alpha value is -2.86. The molecule has 2 aromatic carbocycles. The van der Waals surface area contributed by atoms with E-state index in [4.69, 9.17) is 18.6 Å². The fourth-order valence-corrected chi connectivity index (χ4v) is 4.03. The lowest BCUT2D eigenvalue weighted by molar-refractivity contribution is 0.0955. The summed E-state index contributed by atoms with van der Waals surface area (Å²) in [5.41, 5.74) is 0.906. The van der Waals surface area contributed by atoms with E-state index in [1.165, 1.54) is 6.26 Å². The summed E-state index contributed by atoms with van der Waals surface area (Å²) in [6, 6.07) is 17.1. The SMILES string of the molecule is COc1cc([C@H](CC(=O)c2ccco2)Sc2ccccc2)cc(OC)c1OC. The van der Waals surface area contributed by atoms with Gasteiger partial charge < -0.3 is 18.6 Å². The molecule has 0 aliphatic rings. The number of Topliss-reactive ketones (excluding diaryl/α,β-unsaturated/α-hetero) is 1. The molecule has 3 aromatic rings. The van der Waals surface area contributed by atoms with Crippen molar-refractivity contribution in [3.8, 4) is 17.2 Å². The first kappa shape index (κ1) is 19.9. The van der Waals surface area contributed by atoms with E-state index in [0.717, 1.165) is 10.5 Å². The van der Waals surface area contributed by atoms with E-state index in [9.17, 15) is 4.79 Å². The predicted octanol–water partition coefficient (Wildman–Crippen LogP) is 5.41. The largest absolute Gasteiger partial charge is 0.493 e. The molecule has 1 heterocycles. The van der Waals surface area contributed by atoms with E-state index in [-0.39, 0.29) is 17.5 Å². The molecule has 0 fully saturated rings. The van der Waals surface area contributed by atoms with Crippen LogP contribution in [0.1, 0.15) is 27.8 Å². The standard InChI is InChI=1S/C22H22O5S/c1-24-19-12-15(13-20(25-2)22(19)26-3)21(28-16-8-5-4-6-9-16)14-17(23)18-10-7-11-27-18/h4-13,21H,14H2,1-3H3/t21-/m0/s1. The second-order valence-electron chi connectivity index (χ2n) is 5.98. The molecule has 0 unspecified atom stereocenters. The molecule has 0 amide bonds. The highest BCUT2D eigenvalue weighted by Gasteiger charge is 2.23. The molecule has 28 heavy (non-hydrogen) atoms. The van der Waals surface area contributed by atoms with Crippen molar-refractivity contribution >= 4 is 17.5 Å². The molecular weight excluding hydrogens is 376 g/mol. The van der Waals surface area contributed by atoms with Gasteiger partial charge in [-0.2, -0.15) is 0 Å². The zero-order valence-electron chi connectivity index (χ0n) is 16.0. The van der Waals surface area contributed by atoms with E-state index < -0.39 is 0 Å². The van der Waals surface area contributed by atoms with Crippen LogP contribution in [-0.4, -0.2) is 27.1 Å². The van der Waals surface area contributed by atoms with Gasteiger partial charge in [0.2, 0.25) is 5.75 Å². The third-order valence-electron chi connectivity index (χ3n) is 4.25. The minimum Gasteiger partial charge on any atom is -0.493 e. The number of hydrogen-bond donors (Lipinski definition) is 0. The van der Waals surface area contributed by atoms with Gasteiger partial charge in [-0.05, 0) is 42.0 Å². The number of methoxy groups -OCH3 is 3. The Balaban J connectivity index is 1.99. The van der Waals surface area contributed by atoms with Gasteiger partial charge >= 0.3 is 0 Å². The number of rotatable bonds is 9. The Morgan fingerprint density at radius 2 is 1.64 bits per heavy atom. The van der Waals surface area contributed by atoms with Crippen molar-refractivity contribution in [2.75, 3.05) is 21.3 Å². The van der Waals surface area contributed by atoms with Crippen molar-refractivity contribution in [2.45, 2.75) is 16.6 Å². The first-order valence-corrected chi connectivity index (χ1v) is 9.62. The summed E-state index contributed by atoms with van der Waals surface area (Å²) in [6.07, 6.45) is 1.78. The number of carbonyl (C=O) groups excluding carboxylic acids is 1. The number of benzene rings is 2. The van der Waals surface area contributed by atoms with Crippen LogP contribution in [0.25, 0.3) is 0 Å². The first-order chi connectivity index (χ1) is 13.7. The van der Waals surface area contributed by atoms with Crippen LogP contribution in [0.2, 0.25) is 0 Å². The third kappa shape index (κ3) is 4.51.